The lowest BCUT2D eigenvalue weighted by atomic mass is 9.67. The monoisotopic (exact) mass is 352 g/mol. The summed E-state index contributed by atoms with van der Waals surface area (Å²) in [5.41, 5.74) is 1.02. The SMILES string of the molecule is COc1ccccc1CCN(C)C(=O)[C@@]12CCCC[C@H]1CNC2.Cl. The fourth-order valence-electron chi connectivity index (χ4n) is 4.35. The lowest BCUT2D eigenvalue weighted by molar-refractivity contribution is -0.143. The van der Waals surface area contributed by atoms with Gasteiger partial charge in [-0.3, -0.25) is 4.79 Å². The predicted molar refractivity (Wildman–Crippen MR) is 98.8 cm³/mol. The van der Waals surface area contributed by atoms with Gasteiger partial charge in [0.25, 0.3) is 0 Å². The van der Waals surface area contributed by atoms with Crippen LogP contribution in [0.1, 0.15) is 31.2 Å². The van der Waals surface area contributed by atoms with Gasteiger partial charge >= 0.3 is 0 Å². The molecule has 4 nitrogen and oxygen atoms in total. The number of benzene rings is 1. The van der Waals surface area contributed by atoms with Crippen molar-refractivity contribution in [2.24, 2.45) is 11.3 Å². The number of methoxy groups -OCH3 is 1. The lowest BCUT2D eigenvalue weighted by Gasteiger charge is -2.39. The number of fused-ring (bicyclic) bond motifs is 1. The zero-order chi connectivity index (χ0) is 16.3. The molecule has 2 fully saturated rings. The molecule has 1 aromatic rings. The zero-order valence-corrected chi connectivity index (χ0v) is 15.5. The molecule has 2 aliphatic rings. The van der Waals surface area contributed by atoms with Crippen molar-refractivity contribution in [1.82, 2.24) is 10.2 Å². The molecule has 0 aromatic heterocycles. The number of hydrogen-bond donors (Lipinski definition) is 1. The van der Waals surface area contributed by atoms with Crippen LogP contribution in [-0.4, -0.2) is 44.6 Å². The van der Waals surface area contributed by atoms with Crippen molar-refractivity contribution >= 4 is 18.3 Å². The summed E-state index contributed by atoms with van der Waals surface area (Å²) in [5, 5.41) is 3.47. The summed E-state index contributed by atoms with van der Waals surface area (Å²) in [5.74, 6) is 1.77. The Kier molecular flexibility index (Phi) is 6.53. The van der Waals surface area contributed by atoms with Gasteiger partial charge in [0.1, 0.15) is 5.75 Å². The molecule has 0 unspecified atom stereocenters. The molecule has 1 heterocycles. The molecule has 0 bridgehead atoms. The van der Waals surface area contributed by atoms with E-state index in [0.29, 0.717) is 11.8 Å². The van der Waals surface area contributed by atoms with Crippen molar-refractivity contribution in [3.8, 4) is 5.75 Å². The summed E-state index contributed by atoms with van der Waals surface area (Å²) in [6, 6.07) is 8.06. The van der Waals surface area contributed by atoms with Crippen LogP contribution in [0.2, 0.25) is 0 Å². The molecule has 1 aliphatic heterocycles. The van der Waals surface area contributed by atoms with Crippen molar-refractivity contribution < 1.29 is 9.53 Å². The molecule has 1 amide bonds. The second kappa shape index (κ2) is 8.21. The number of carbonyl (C=O) groups is 1. The molecular formula is C19H29ClN2O2. The van der Waals surface area contributed by atoms with Gasteiger partial charge in [0.15, 0.2) is 0 Å². The summed E-state index contributed by atoms with van der Waals surface area (Å²) in [6.07, 6.45) is 5.53. The molecule has 5 heteroatoms. The van der Waals surface area contributed by atoms with Gasteiger partial charge in [-0.05, 0) is 43.4 Å². The second-order valence-electron chi connectivity index (χ2n) is 7.02. The first-order chi connectivity index (χ1) is 11.2. The average molecular weight is 353 g/mol. The summed E-state index contributed by atoms with van der Waals surface area (Å²) < 4.78 is 5.41. The minimum atomic E-state index is -0.145. The Balaban J connectivity index is 0.00000208. The summed E-state index contributed by atoms with van der Waals surface area (Å²) in [6.45, 7) is 2.61. The van der Waals surface area contributed by atoms with Crippen LogP contribution in [0.15, 0.2) is 24.3 Å². The standard InChI is InChI=1S/C19H28N2O2.ClH/c1-21(12-10-15-7-3-4-9-17(15)23-2)18(22)19-11-6-5-8-16(19)13-20-14-19;/h3-4,7,9,16,20H,5-6,8,10-14H2,1-2H3;1H/t16-,19+;/m0./s1. The normalized spacial score (nSPS) is 25.5. The Morgan fingerprint density at radius 3 is 2.96 bits per heavy atom. The molecular weight excluding hydrogens is 324 g/mol. The van der Waals surface area contributed by atoms with Crippen molar-refractivity contribution in [2.75, 3.05) is 33.8 Å². The summed E-state index contributed by atoms with van der Waals surface area (Å²) in [7, 11) is 3.65. The van der Waals surface area contributed by atoms with Crippen LogP contribution in [0.25, 0.3) is 0 Å². The van der Waals surface area contributed by atoms with Crippen LogP contribution < -0.4 is 10.1 Å². The third kappa shape index (κ3) is 3.55. The van der Waals surface area contributed by atoms with E-state index in [0.717, 1.165) is 43.8 Å². The van der Waals surface area contributed by atoms with Crippen molar-refractivity contribution in [3.63, 3.8) is 0 Å². The van der Waals surface area contributed by atoms with Gasteiger partial charge in [0.2, 0.25) is 5.91 Å². The highest BCUT2D eigenvalue weighted by Crippen LogP contribution is 2.44. The minimum Gasteiger partial charge on any atom is -0.496 e. The van der Waals surface area contributed by atoms with Gasteiger partial charge in [0, 0.05) is 20.1 Å². The molecule has 2 atom stereocenters. The van der Waals surface area contributed by atoms with Gasteiger partial charge in [-0.1, -0.05) is 31.0 Å². The number of hydrogen-bond acceptors (Lipinski definition) is 3. The van der Waals surface area contributed by atoms with Gasteiger partial charge in [0.05, 0.1) is 12.5 Å². The van der Waals surface area contributed by atoms with Crippen LogP contribution in [0.5, 0.6) is 5.75 Å². The van der Waals surface area contributed by atoms with Gasteiger partial charge < -0.3 is 15.0 Å². The van der Waals surface area contributed by atoms with Gasteiger partial charge in [-0.2, -0.15) is 0 Å². The fraction of sp³-hybridized carbons (Fsp3) is 0.632. The number of rotatable bonds is 5. The smallest absolute Gasteiger partial charge is 0.230 e. The molecule has 134 valence electrons. The Labute approximate surface area is 151 Å². The number of para-hydroxylation sites is 1. The molecule has 1 aliphatic carbocycles. The number of amides is 1. The number of nitrogens with zero attached hydrogens (tertiary/aromatic N) is 1. The first-order valence-electron chi connectivity index (χ1n) is 8.75. The van der Waals surface area contributed by atoms with E-state index in [2.05, 4.69) is 11.4 Å². The van der Waals surface area contributed by atoms with Crippen LogP contribution >= 0.6 is 12.4 Å². The molecule has 1 N–H and O–H groups in total. The van der Waals surface area contributed by atoms with E-state index < -0.39 is 0 Å². The van der Waals surface area contributed by atoms with Crippen LogP contribution in [0.3, 0.4) is 0 Å². The average Bonchev–Trinajstić information content (AvgIpc) is 3.04. The third-order valence-electron chi connectivity index (χ3n) is 5.72. The van der Waals surface area contributed by atoms with Gasteiger partial charge in [-0.25, -0.2) is 0 Å². The highest BCUT2D eigenvalue weighted by molar-refractivity contribution is 5.85. The maximum Gasteiger partial charge on any atom is 0.230 e. The molecule has 0 radical (unpaired) electrons. The number of nitrogens with one attached hydrogen (secondary N) is 1. The van der Waals surface area contributed by atoms with E-state index in [1.54, 1.807) is 7.11 Å². The van der Waals surface area contributed by atoms with E-state index in [4.69, 9.17) is 4.74 Å². The van der Waals surface area contributed by atoms with Crippen molar-refractivity contribution in [1.29, 1.82) is 0 Å². The Hall–Kier alpha value is -1.26. The molecule has 1 saturated carbocycles. The maximum atomic E-state index is 13.1. The first-order valence-corrected chi connectivity index (χ1v) is 8.75. The maximum absolute atomic E-state index is 13.1. The number of likely N-dealkylation sites (N-methyl/N-ethyl adjacent to an activating group) is 1. The second-order valence-corrected chi connectivity index (χ2v) is 7.02. The van der Waals surface area contributed by atoms with E-state index in [1.807, 2.05) is 30.1 Å². The highest BCUT2D eigenvalue weighted by atomic mass is 35.5. The quantitative estimate of drug-likeness (QED) is 0.886. The van der Waals surface area contributed by atoms with Crippen molar-refractivity contribution in [3.05, 3.63) is 29.8 Å². The third-order valence-corrected chi connectivity index (χ3v) is 5.72. The number of carbonyl (C=O) groups excluding carboxylic acids is 1. The number of ether oxygens (including phenoxy) is 1. The molecule has 1 aromatic carbocycles. The van der Waals surface area contributed by atoms with E-state index in [9.17, 15) is 4.79 Å². The van der Waals surface area contributed by atoms with Crippen LogP contribution in [0, 0.1) is 11.3 Å². The molecule has 1 saturated heterocycles. The molecule has 0 spiro atoms. The Morgan fingerprint density at radius 2 is 2.17 bits per heavy atom. The van der Waals surface area contributed by atoms with E-state index in [1.165, 1.54) is 19.3 Å². The minimum absolute atomic E-state index is 0. The zero-order valence-electron chi connectivity index (χ0n) is 14.7. The largest absolute Gasteiger partial charge is 0.496 e. The van der Waals surface area contributed by atoms with Gasteiger partial charge in [-0.15, -0.1) is 12.4 Å². The lowest BCUT2D eigenvalue weighted by Crippen LogP contribution is -2.48. The summed E-state index contributed by atoms with van der Waals surface area (Å²) >= 11 is 0. The topological polar surface area (TPSA) is 41.6 Å². The Morgan fingerprint density at radius 1 is 1.38 bits per heavy atom. The molecule has 3 rings (SSSR count). The highest BCUT2D eigenvalue weighted by Gasteiger charge is 2.50. The Bertz CT molecular complexity index is 566. The molecule has 24 heavy (non-hydrogen) atoms. The predicted octanol–water partition coefficient (Wildman–Crippen LogP) is 2.90. The van der Waals surface area contributed by atoms with Crippen LogP contribution in [-0.2, 0) is 11.2 Å². The first kappa shape index (κ1) is 19.1. The summed E-state index contributed by atoms with van der Waals surface area (Å²) in [4.78, 5) is 15.1. The number of halogens is 1. The van der Waals surface area contributed by atoms with Crippen LogP contribution in [0.4, 0.5) is 0 Å². The van der Waals surface area contributed by atoms with E-state index in [-0.39, 0.29) is 17.8 Å². The fourth-order valence-corrected chi connectivity index (χ4v) is 4.35. The van der Waals surface area contributed by atoms with E-state index >= 15 is 0 Å². The van der Waals surface area contributed by atoms with Crippen molar-refractivity contribution in [2.45, 2.75) is 32.1 Å².